The molecule has 0 amide bonds. The van der Waals surface area contributed by atoms with Crippen LogP contribution in [-0.4, -0.2) is 32.7 Å². The molecule has 0 spiro atoms. The molecule has 2 unspecified atom stereocenters. The van der Waals surface area contributed by atoms with E-state index in [1.54, 1.807) is 18.2 Å². The molecular formula is C10H10INO4. The Morgan fingerprint density at radius 2 is 1.94 bits per heavy atom. The van der Waals surface area contributed by atoms with Crippen LogP contribution in [0.1, 0.15) is 23.6 Å². The number of nitrogens with zero attached hydrogens (tertiary/aromatic N) is 1. The molecule has 0 aromatic heterocycles. The van der Waals surface area contributed by atoms with Crippen molar-refractivity contribution in [2.24, 2.45) is 0 Å². The van der Waals surface area contributed by atoms with Crippen LogP contribution in [0.25, 0.3) is 0 Å². The smallest absolute Gasteiger partial charge is 0.317 e. The Kier molecular flexibility index (Phi) is 3.15. The van der Waals surface area contributed by atoms with Gasteiger partial charge in [0.2, 0.25) is 0 Å². The molecule has 0 bridgehead atoms. The molecule has 6 heteroatoms. The monoisotopic (exact) mass is 335 g/mol. The van der Waals surface area contributed by atoms with Crippen LogP contribution in [0.2, 0.25) is 0 Å². The molecule has 0 saturated heterocycles. The van der Waals surface area contributed by atoms with Crippen molar-refractivity contribution < 1.29 is 20.1 Å². The average molecular weight is 335 g/mol. The molecule has 2 atom stereocenters. The summed E-state index contributed by atoms with van der Waals surface area (Å²) in [6.07, 6.45) is -2.12. The number of aliphatic carboxylic acids is 1. The number of benzene rings is 1. The summed E-state index contributed by atoms with van der Waals surface area (Å²) in [5.41, 5.74) is 1.13. The zero-order chi connectivity index (χ0) is 11.9. The third-order valence-corrected chi connectivity index (χ3v) is 3.22. The summed E-state index contributed by atoms with van der Waals surface area (Å²) in [5.74, 6) is -1.08. The maximum Gasteiger partial charge on any atom is 0.317 e. The average Bonchev–Trinajstić information content (AvgIpc) is 2.43. The lowest BCUT2D eigenvalue weighted by Crippen LogP contribution is -2.31. The Morgan fingerprint density at radius 3 is 2.56 bits per heavy atom. The van der Waals surface area contributed by atoms with Crippen molar-refractivity contribution in [3.05, 3.63) is 32.9 Å². The van der Waals surface area contributed by atoms with Gasteiger partial charge in [-0.15, -0.1) is 0 Å². The molecule has 1 aliphatic rings. The van der Waals surface area contributed by atoms with Crippen LogP contribution in [0.5, 0.6) is 0 Å². The van der Waals surface area contributed by atoms with E-state index in [1.807, 2.05) is 0 Å². The van der Waals surface area contributed by atoms with Crippen molar-refractivity contribution in [1.29, 1.82) is 0 Å². The first-order chi connectivity index (χ1) is 7.50. The number of rotatable bonds is 2. The minimum atomic E-state index is -1.08. The number of fused-ring (bicyclic) bond motifs is 1. The van der Waals surface area contributed by atoms with Crippen molar-refractivity contribution >= 4 is 28.6 Å². The third kappa shape index (κ3) is 1.93. The SMILES string of the molecule is O=C(O)CN1C(O)c2ccc(I)cc2C1O. The lowest BCUT2D eigenvalue weighted by molar-refractivity contribution is -0.148. The fourth-order valence-corrected chi connectivity index (χ4v) is 2.34. The lowest BCUT2D eigenvalue weighted by Gasteiger charge is -2.21. The van der Waals surface area contributed by atoms with Gasteiger partial charge in [0.05, 0.1) is 0 Å². The first-order valence-corrected chi connectivity index (χ1v) is 5.71. The van der Waals surface area contributed by atoms with Gasteiger partial charge >= 0.3 is 5.97 Å². The van der Waals surface area contributed by atoms with E-state index in [9.17, 15) is 15.0 Å². The molecule has 0 fully saturated rings. The standard InChI is InChI=1S/C10H10INO4/c11-5-1-2-6-7(3-5)10(16)12(9(6)15)4-8(13)14/h1-3,9-10,15-16H,4H2,(H,13,14). The lowest BCUT2D eigenvalue weighted by atomic mass is 10.1. The van der Waals surface area contributed by atoms with E-state index in [0.29, 0.717) is 11.1 Å². The Balaban J connectivity index is 2.36. The van der Waals surface area contributed by atoms with E-state index in [1.165, 1.54) is 0 Å². The van der Waals surface area contributed by atoms with Crippen LogP contribution in [0.15, 0.2) is 18.2 Å². The van der Waals surface area contributed by atoms with Gasteiger partial charge in [-0.2, -0.15) is 0 Å². The molecule has 1 aliphatic heterocycles. The van der Waals surface area contributed by atoms with Gasteiger partial charge in [0.15, 0.2) is 0 Å². The van der Waals surface area contributed by atoms with Gasteiger partial charge in [-0.25, -0.2) is 4.90 Å². The number of aliphatic hydroxyl groups excluding tert-OH is 2. The summed E-state index contributed by atoms with van der Waals surface area (Å²) in [6.45, 7) is -0.395. The van der Waals surface area contributed by atoms with Gasteiger partial charge in [-0.1, -0.05) is 6.07 Å². The van der Waals surface area contributed by atoms with Gasteiger partial charge in [0.25, 0.3) is 0 Å². The van der Waals surface area contributed by atoms with Crippen LogP contribution in [0, 0.1) is 3.57 Å². The number of aliphatic hydroxyl groups is 2. The number of carbonyl (C=O) groups is 1. The number of carboxylic acids is 1. The Labute approximate surface area is 105 Å². The summed E-state index contributed by atoms with van der Waals surface area (Å²) in [7, 11) is 0. The fraction of sp³-hybridized carbons (Fsp3) is 0.300. The van der Waals surface area contributed by atoms with Crippen molar-refractivity contribution in [1.82, 2.24) is 4.90 Å². The van der Waals surface area contributed by atoms with Crippen molar-refractivity contribution in [3.63, 3.8) is 0 Å². The molecular weight excluding hydrogens is 325 g/mol. The van der Waals surface area contributed by atoms with Gasteiger partial charge < -0.3 is 15.3 Å². The molecule has 2 rings (SSSR count). The van der Waals surface area contributed by atoms with E-state index in [-0.39, 0.29) is 0 Å². The zero-order valence-corrected chi connectivity index (χ0v) is 10.3. The first kappa shape index (κ1) is 11.8. The van der Waals surface area contributed by atoms with Crippen molar-refractivity contribution in [3.8, 4) is 0 Å². The van der Waals surface area contributed by atoms with E-state index in [0.717, 1.165) is 8.47 Å². The molecule has 0 saturated carbocycles. The number of carboxylic acid groups (broad SMARTS) is 1. The molecule has 1 aromatic rings. The third-order valence-electron chi connectivity index (χ3n) is 2.55. The highest BCUT2D eigenvalue weighted by molar-refractivity contribution is 14.1. The highest BCUT2D eigenvalue weighted by Crippen LogP contribution is 2.39. The highest BCUT2D eigenvalue weighted by Gasteiger charge is 2.37. The molecule has 16 heavy (non-hydrogen) atoms. The quantitative estimate of drug-likeness (QED) is 0.693. The number of halogens is 1. The summed E-state index contributed by atoms with van der Waals surface area (Å²) in [6, 6.07) is 5.25. The van der Waals surface area contributed by atoms with Crippen molar-refractivity contribution in [2.45, 2.75) is 12.5 Å². The van der Waals surface area contributed by atoms with E-state index in [4.69, 9.17) is 5.11 Å². The van der Waals surface area contributed by atoms with Crippen LogP contribution in [0.4, 0.5) is 0 Å². The minimum absolute atomic E-state index is 0.395. The molecule has 1 aromatic carbocycles. The Hall–Kier alpha value is -0.700. The minimum Gasteiger partial charge on any atom is -0.480 e. The summed E-state index contributed by atoms with van der Waals surface area (Å²) in [4.78, 5) is 11.7. The summed E-state index contributed by atoms with van der Waals surface area (Å²) in [5, 5.41) is 28.4. The second kappa shape index (κ2) is 4.28. The maximum atomic E-state index is 10.6. The van der Waals surface area contributed by atoms with Gasteiger partial charge in [0.1, 0.15) is 19.0 Å². The first-order valence-electron chi connectivity index (χ1n) is 4.63. The molecule has 0 radical (unpaired) electrons. The summed E-state index contributed by atoms with van der Waals surface area (Å²) >= 11 is 2.10. The van der Waals surface area contributed by atoms with Gasteiger partial charge in [0, 0.05) is 14.7 Å². The van der Waals surface area contributed by atoms with Crippen molar-refractivity contribution in [2.75, 3.05) is 6.54 Å². The molecule has 86 valence electrons. The summed E-state index contributed by atoms with van der Waals surface area (Å²) < 4.78 is 0.930. The molecule has 0 aliphatic carbocycles. The Morgan fingerprint density at radius 1 is 1.31 bits per heavy atom. The molecule has 1 heterocycles. The highest BCUT2D eigenvalue weighted by atomic mass is 127. The van der Waals surface area contributed by atoms with E-state index in [2.05, 4.69) is 22.6 Å². The number of hydrogen-bond acceptors (Lipinski definition) is 4. The normalized spacial score (nSPS) is 24.4. The molecule has 5 nitrogen and oxygen atoms in total. The fourth-order valence-electron chi connectivity index (χ4n) is 1.82. The number of hydrogen-bond donors (Lipinski definition) is 3. The maximum absolute atomic E-state index is 10.6. The van der Waals surface area contributed by atoms with Crippen LogP contribution in [0.3, 0.4) is 0 Å². The topological polar surface area (TPSA) is 81.0 Å². The van der Waals surface area contributed by atoms with E-state index < -0.39 is 25.0 Å². The van der Waals surface area contributed by atoms with E-state index >= 15 is 0 Å². The van der Waals surface area contributed by atoms with Crippen LogP contribution >= 0.6 is 22.6 Å². The predicted molar refractivity (Wildman–Crippen MR) is 63.4 cm³/mol. The Bertz CT molecular complexity index is 437. The second-order valence-corrected chi connectivity index (χ2v) is 4.83. The molecule has 3 N–H and O–H groups in total. The van der Waals surface area contributed by atoms with Crippen LogP contribution in [-0.2, 0) is 4.79 Å². The van der Waals surface area contributed by atoms with Gasteiger partial charge in [-0.05, 0) is 34.7 Å². The van der Waals surface area contributed by atoms with Crippen LogP contribution < -0.4 is 0 Å². The van der Waals surface area contributed by atoms with Gasteiger partial charge in [-0.3, -0.25) is 4.79 Å². The largest absolute Gasteiger partial charge is 0.480 e. The zero-order valence-electron chi connectivity index (χ0n) is 8.17. The second-order valence-electron chi connectivity index (χ2n) is 3.59. The predicted octanol–water partition coefficient (Wildman–Crippen LogP) is 0.673.